The third-order valence-corrected chi connectivity index (χ3v) is 2.56. The molecule has 0 atom stereocenters. The number of benzene rings is 1. The maximum absolute atomic E-state index is 11.4. The van der Waals surface area contributed by atoms with Crippen molar-refractivity contribution in [2.24, 2.45) is 0 Å². The van der Waals surface area contributed by atoms with E-state index in [1.54, 1.807) is 12.1 Å². The minimum Gasteiger partial charge on any atom is -0.444 e. The smallest absolute Gasteiger partial charge is 0.407 e. The van der Waals surface area contributed by atoms with Crippen molar-refractivity contribution in [2.75, 3.05) is 24.1 Å². The molecule has 0 aromatic heterocycles. The number of nitrogens with zero attached hydrogens (tertiary/aromatic N) is 1. The fourth-order valence-corrected chi connectivity index (χ4v) is 1.63. The molecule has 21 heavy (non-hydrogen) atoms. The van der Waals surface area contributed by atoms with E-state index in [2.05, 4.69) is 10.6 Å². The van der Waals surface area contributed by atoms with Crippen molar-refractivity contribution in [1.82, 2.24) is 5.32 Å². The first kappa shape index (κ1) is 16.6. The Bertz CT molecular complexity index is 529. The van der Waals surface area contributed by atoms with Crippen molar-refractivity contribution in [1.29, 1.82) is 5.26 Å². The van der Waals surface area contributed by atoms with Gasteiger partial charge in [-0.1, -0.05) is 6.07 Å². The molecule has 0 bridgehead atoms. The number of carbonyl (C=O) groups is 1. The van der Waals surface area contributed by atoms with E-state index in [1.807, 2.05) is 32.9 Å². The summed E-state index contributed by atoms with van der Waals surface area (Å²) < 4.78 is 5.13. The molecule has 0 unspecified atom stereocenters. The molecule has 1 aromatic rings. The Kier molecular flexibility index (Phi) is 5.85. The molecule has 0 aliphatic carbocycles. The average molecular weight is 290 g/mol. The summed E-state index contributed by atoms with van der Waals surface area (Å²) in [5, 5.41) is 14.7. The van der Waals surface area contributed by atoms with Gasteiger partial charge in [0.1, 0.15) is 11.7 Å². The molecule has 1 aromatic carbocycles. The summed E-state index contributed by atoms with van der Waals surface area (Å²) in [6.07, 6.45) is 0.295. The number of nitriles is 1. The van der Waals surface area contributed by atoms with Crippen LogP contribution in [0.4, 0.5) is 16.2 Å². The number of nitrogens with one attached hydrogen (secondary N) is 2. The molecule has 0 aliphatic rings. The standard InChI is InChI=1S/C15H22N4O2/c1-15(2,3)21-14(20)19-9-5-8-18-12-7-4-6-11(10-16)13(12)17/h4,6-7,18H,5,8-9,17H2,1-3H3,(H,19,20). The number of amides is 1. The topological polar surface area (TPSA) is 100 Å². The Morgan fingerprint density at radius 3 is 2.71 bits per heavy atom. The number of ether oxygens (including phenoxy) is 1. The molecule has 0 aliphatic heterocycles. The van der Waals surface area contributed by atoms with Gasteiger partial charge in [0.15, 0.2) is 0 Å². The Labute approximate surface area is 125 Å². The number of nitrogens with two attached hydrogens (primary N) is 1. The summed E-state index contributed by atoms with van der Waals surface area (Å²) in [6, 6.07) is 7.30. The molecule has 6 heteroatoms. The molecule has 1 rings (SSSR count). The lowest BCUT2D eigenvalue weighted by molar-refractivity contribution is 0.0528. The minimum absolute atomic E-state index is 0.423. The fraction of sp³-hybridized carbons (Fsp3) is 0.467. The van der Waals surface area contributed by atoms with E-state index >= 15 is 0 Å². The van der Waals surface area contributed by atoms with Gasteiger partial charge in [-0.05, 0) is 39.3 Å². The number of alkyl carbamates (subject to hydrolysis) is 1. The zero-order valence-corrected chi connectivity index (χ0v) is 12.7. The Balaban J connectivity index is 2.30. The zero-order chi connectivity index (χ0) is 15.9. The summed E-state index contributed by atoms with van der Waals surface area (Å²) in [6.45, 7) is 6.59. The minimum atomic E-state index is -0.492. The van der Waals surface area contributed by atoms with Crippen molar-refractivity contribution in [3.05, 3.63) is 23.8 Å². The van der Waals surface area contributed by atoms with E-state index in [9.17, 15) is 4.79 Å². The fourth-order valence-electron chi connectivity index (χ4n) is 1.63. The molecule has 114 valence electrons. The lowest BCUT2D eigenvalue weighted by Crippen LogP contribution is -2.33. The van der Waals surface area contributed by atoms with E-state index in [-0.39, 0.29) is 0 Å². The second kappa shape index (κ2) is 7.39. The van der Waals surface area contributed by atoms with Gasteiger partial charge < -0.3 is 21.1 Å². The monoisotopic (exact) mass is 290 g/mol. The van der Waals surface area contributed by atoms with Gasteiger partial charge in [-0.3, -0.25) is 0 Å². The van der Waals surface area contributed by atoms with Gasteiger partial charge >= 0.3 is 6.09 Å². The number of hydrogen-bond acceptors (Lipinski definition) is 5. The SMILES string of the molecule is CC(C)(C)OC(=O)NCCCNc1cccc(C#N)c1N. The molecular weight excluding hydrogens is 268 g/mol. The van der Waals surface area contributed by atoms with Crippen molar-refractivity contribution in [2.45, 2.75) is 32.8 Å². The Morgan fingerprint density at radius 2 is 2.10 bits per heavy atom. The highest BCUT2D eigenvalue weighted by molar-refractivity contribution is 5.72. The van der Waals surface area contributed by atoms with Crippen LogP contribution in [0, 0.1) is 11.3 Å². The van der Waals surface area contributed by atoms with Crippen LogP contribution < -0.4 is 16.4 Å². The first-order valence-corrected chi connectivity index (χ1v) is 6.83. The zero-order valence-electron chi connectivity index (χ0n) is 12.7. The third-order valence-electron chi connectivity index (χ3n) is 2.56. The normalized spacial score (nSPS) is 10.6. The van der Waals surface area contributed by atoms with Crippen molar-refractivity contribution in [3.63, 3.8) is 0 Å². The van der Waals surface area contributed by atoms with Crippen LogP contribution in [-0.2, 0) is 4.74 Å². The summed E-state index contributed by atoms with van der Waals surface area (Å²) in [4.78, 5) is 11.4. The van der Waals surface area contributed by atoms with Crippen LogP contribution in [0.25, 0.3) is 0 Å². The molecule has 6 nitrogen and oxygen atoms in total. The van der Waals surface area contributed by atoms with Gasteiger partial charge in [-0.25, -0.2) is 4.79 Å². The molecule has 0 spiro atoms. The maximum atomic E-state index is 11.4. The lowest BCUT2D eigenvalue weighted by Gasteiger charge is -2.19. The van der Waals surface area contributed by atoms with Gasteiger partial charge in [0.05, 0.1) is 16.9 Å². The predicted octanol–water partition coefficient (Wildman–Crippen LogP) is 2.47. The second-order valence-corrected chi connectivity index (χ2v) is 5.59. The van der Waals surface area contributed by atoms with Crippen molar-refractivity contribution in [3.8, 4) is 6.07 Å². The van der Waals surface area contributed by atoms with Gasteiger partial charge in [0.25, 0.3) is 0 Å². The number of para-hydroxylation sites is 1. The number of hydrogen-bond donors (Lipinski definition) is 3. The van der Waals surface area contributed by atoms with E-state index < -0.39 is 11.7 Å². The van der Waals surface area contributed by atoms with Crippen LogP contribution in [0.3, 0.4) is 0 Å². The highest BCUT2D eigenvalue weighted by Gasteiger charge is 2.15. The van der Waals surface area contributed by atoms with Gasteiger partial charge in [0, 0.05) is 13.1 Å². The molecule has 0 saturated carbocycles. The number of nitrogen functional groups attached to an aromatic ring is 1. The second-order valence-electron chi connectivity index (χ2n) is 5.59. The lowest BCUT2D eigenvalue weighted by atomic mass is 10.1. The summed E-state index contributed by atoms with van der Waals surface area (Å²) in [5.74, 6) is 0. The Morgan fingerprint density at radius 1 is 1.38 bits per heavy atom. The molecule has 0 saturated heterocycles. The quantitative estimate of drug-likeness (QED) is 0.571. The summed E-state index contributed by atoms with van der Waals surface area (Å²) >= 11 is 0. The van der Waals surface area contributed by atoms with Gasteiger partial charge in [-0.15, -0.1) is 0 Å². The number of carbonyl (C=O) groups excluding carboxylic acids is 1. The van der Waals surface area contributed by atoms with Gasteiger partial charge in [-0.2, -0.15) is 5.26 Å². The van der Waals surface area contributed by atoms with Crippen LogP contribution in [0.1, 0.15) is 32.8 Å². The van der Waals surface area contributed by atoms with Crippen molar-refractivity contribution < 1.29 is 9.53 Å². The highest BCUT2D eigenvalue weighted by Crippen LogP contribution is 2.21. The molecule has 4 N–H and O–H groups in total. The molecule has 0 radical (unpaired) electrons. The first-order chi connectivity index (χ1) is 9.83. The Hall–Kier alpha value is -2.42. The molecule has 0 fully saturated rings. The summed E-state index contributed by atoms with van der Waals surface area (Å²) in [7, 11) is 0. The van der Waals surface area contributed by atoms with Crippen molar-refractivity contribution >= 4 is 17.5 Å². The van der Waals surface area contributed by atoms with E-state index in [1.165, 1.54) is 0 Å². The predicted molar refractivity (Wildman–Crippen MR) is 82.9 cm³/mol. The number of rotatable bonds is 5. The maximum Gasteiger partial charge on any atom is 0.407 e. The molecular formula is C15H22N4O2. The first-order valence-electron chi connectivity index (χ1n) is 6.83. The van der Waals surface area contributed by atoms with Crippen LogP contribution in [-0.4, -0.2) is 24.8 Å². The third kappa shape index (κ3) is 6.04. The van der Waals surface area contributed by atoms with Crippen LogP contribution in [0.5, 0.6) is 0 Å². The summed E-state index contributed by atoms with van der Waals surface area (Å²) in [5.41, 5.74) is 6.98. The average Bonchev–Trinajstić information content (AvgIpc) is 2.38. The highest BCUT2D eigenvalue weighted by atomic mass is 16.6. The largest absolute Gasteiger partial charge is 0.444 e. The molecule has 1 amide bonds. The van der Waals surface area contributed by atoms with E-state index in [0.717, 1.165) is 12.1 Å². The van der Waals surface area contributed by atoms with E-state index in [0.29, 0.717) is 24.3 Å². The van der Waals surface area contributed by atoms with Crippen LogP contribution in [0.15, 0.2) is 18.2 Å². The van der Waals surface area contributed by atoms with Gasteiger partial charge in [0.2, 0.25) is 0 Å². The van der Waals surface area contributed by atoms with E-state index in [4.69, 9.17) is 15.7 Å². The molecule has 0 heterocycles. The van der Waals surface area contributed by atoms with Crippen LogP contribution >= 0.6 is 0 Å². The van der Waals surface area contributed by atoms with Crippen LogP contribution in [0.2, 0.25) is 0 Å². The number of anilines is 2.